The predicted octanol–water partition coefficient (Wildman–Crippen LogP) is 2.47. The number of fused-ring (bicyclic) bond motifs is 1. The average Bonchev–Trinajstić information content (AvgIpc) is 2.60. The lowest BCUT2D eigenvalue weighted by Crippen LogP contribution is -2.18. The highest BCUT2D eigenvalue weighted by Gasteiger charge is 2.14. The number of rotatable bonds is 4. The second-order valence-electron chi connectivity index (χ2n) is 4.05. The quantitative estimate of drug-likeness (QED) is 0.893. The van der Waals surface area contributed by atoms with E-state index in [-0.39, 0.29) is 0 Å². The molecule has 1 aliphatic heterocycles. The van der Waals surface area contributed by atoms with Crippen molar-refractivity contribution in [1.82, 2.24) is 5.32 Å². The molecule has 0 saturated carbocycles. The molecule has 4 heteroatoms. The van der Waals surface area contributed by atoms with Gasteiger partial charge in [-0.05, 0) is 31.0 Å². The zero-order valence-corrected chi connectivity index (χ0v) is 11.2. The Hall–Kier alpha value is -0.870. The molecule has 0 saturated heterocycles. The van der Waals surface area contributed by atoms with Gasteiger partial charge in [0.15, 0.2) is 11.5 Å². The van der Waals surface area contributed by atoms with Crippen molar-refractivity contribution in [2.45, 2.75) is 12.5 Å². The van der Waals surface area contributed by atoms with Crippen LogP contribution in [0.5, 0.6) is 11.5 Å². The standard InChI is InChI=1S/C13H19NO2S/c1-14-11(9-17-2)10-4-5-12-13(8-10)16-7-3-6-15-12/h4-5,8,11,14H,3,6-7,9H2,1-2H3. The van der Waals surface area contributed by atoms with E-state index in [0.29, 0.717) is 6.04 Å². The van der Waals surface area contributed by atoms with Gasteiger partial charge < -0.3 is 14.8 Å². The van der Waals surface area contributed by atoms with Crippen LogP contribution in [-0.4, -0.2) is 32.3 Å². The molecule has 17 heavy (non-hydrogen) atoms. The summed E-state index contributed by atoms with van der Waals surface area (Å²) >= 11 is 1.84. The molecule has 1 N–H and O–H groups in total. The minimum Gasteiger partial charge on any atom is -0.490 e. The summed E-state index contributed by atoms with van der Waals surface area (Å²) in [6.45, 7) is 1.48. The van der Waals surface area contributed by atoms with Gasteiger partial charge in [-0.2, -0.15) is 11.8 Å². The highest BCUT2D eigenvalue weighted by atomic mass is 32.2. The maximum Gasteiger partial charge on any atom is 0.161 e. The smallest absolute Gasteiger partial charge is 0.161 e. The molecule has 94 valence electrons. The summed E-state index contributed by atoms with van der Waals surface area (Å²) in [5.41, 5.74) is 1.26. The molecule has 0 radical (unpaired) electrons. The Morgan fingerprint density at radius 3 is 2.76 bits per heavy atom. The van der Waals surface area contributed by atoms with Gasteiger partial charge >= 0.3 is 0 Å². The van der Waals surface area contributed by atoms with Gasteiger partial charge in [-0.15, -0.1) is 0 Å². The molecule has 1 unspecified atom stereocenters. The SMILES string of the molecule is CNC(CSC)c1ccc2c(c1)OCCCO2. The topological polar surface area (TPSA) is 30.5 Å². The number of ether oxygens (including phenoxy) is 2. The third kappa shape index (κ3) is 3.07. The van der Waals surface area contributed by atoms with Gasteiger partial charge in [0.2, 0.25) is 0 Å². The van der Waals surface area contributed by atoms with E-state index in [1.165, 1.54) is 5.56 Å². The van der Waals surface area contributed by atoms with Crippen molar-refractivity contribution in [3.63, 3.8) is 0 Å². The fraction of sp³-hybridized carbons (Fsp3) is 0.538. The first-order valence-electron chi connectivity index (χ1n) is 5.91. The maximum atomic E-state index is 5.70. The second kappa shape index (κ2) is 6.17. The first-order chi connectivity index (χ1) is 8.35. The molecule has 0 spiro atoms. The molecule has 2 rings (SSSR count). The van der Waals surface area contributed by atoms with E-state index in [1.807, 2.05) is 24.9 Å². The van der Waals surface area contributed by atoms with Crippen LogP contribution >= 0.6 is 11.8 Å². The van der Waals surface area contributed by atoms with Crippen molar-refractivity contribution >= 4 is 11.8 Å². The first kappa shape index (κ1) is 12.6. The van der Waals surface area contributed by atoms with Crippen LogP contribution in [0.4, 0.5) is 0 Å². The van der Waals surface area contributed by atoms with Crippen molar-refractivity contribution in [2.24, 2.45) is 0 Å². The Labute approximate surface area is 107 Å². The van der Waals surface area contributed by atoms with E-state index in [9.17, 15) is 0 Å². The van der Waals surface area contributed by atoms with Gasteiger partial charge in [-0.25, -0.2) is 0 Å². The Morgan fingerprint density at radius 2 is 2.06 bits per heavy atom. The Morgan fingerprint density at radius 1 is 1.29 bits per heavy atom. The Balaban J connectivity index is 2.21. The molecule has 0 fully saturated rings. The van der Waals surface area contributed by atoms with Crippen LogP contribution < -0.4 is 14.8 Å². The number of hydrogen-bond acceptors (Lipinski definition) is 4. The van der Waals surface area contributed by atoms with Gasteiger partial charge in [0.1, 0.15) is 0 Å². The summed E-state index contributed by atoms with van der Waals surface area (Å²) in [6, 6.07) is 6.59. The molecule has 1 aliphatic rings. The minimum atomic E-state index is 0.363. The highest BCUT2D eigenvalue weighted by Crippen LogP contribution is 2.32. The van der Waals surface area contributed by atoms with Crippen LogP contribution in [0, 0.1) is 0 Å². The second-order valence-corrected chi connectivity index (χ2v) is 4.96. The van der Waals surface area contributed by atoms with Crippen molar-refractivity contribution in [2.75, 3.05) is 32.3 Å². The fourth-order valence-electron chi connectivity index (χ4n) is 1.91. The van der Waals surface area contributed by atoms with E-state index >= 15 is 0 Å². The summed E-state index contributed by atoms with van der Waals surface area (Å²) < 4.78 is 11.3. The van der Waals surface area contributed by atoms with Crippen molar-refractivity contribution in [3.8, 4) is 11.5 Å². The van der Waals surface area contributed by atoms with Crippen molar-refractivity contribution < 1.29 is 9.47 Å². The van der Waals surface area contributed by atoms with E-state index in [2.05, 4.69) is 23.7 Å². The van der Waals surface area contributed by atoms with Crippen LogP contribution in [0.15, 0.2) is 18.2 Å². The van der Waals surface area contributed by atoms with Gasteiger partial charge in [0.25, 0.3) is 0 Å². The van der Waals surface area contributed by atoms with Crippen molar-refractivity contribution in [3.05, 3.63) is 23.8 Å². The van der Waals surface area contributed by atoms with E-state index in [4.69, 9.17) is 9.47 Å². The van der Waals surface area contributed by atoms with Crippen LogP contribution in [0.25, 0.3) is 0 Å². The molecular weight excluding hydrogens is 234 g/mol. The molecule has 3 nitrogen and oxygen atoms in total. The third-order valence-corrected chi connectivity index (χ3v) is 3.52. The number of nitrogens with one attached hydrogen (secondary N) is 1. The van der Waals surface area contributed by atoms with E-state index in [0.717, 1.165) is 36.9 Å². The summed E-state index contributed by atoms with van der Waals surface area (Å²) in [4.78, 5) is 0. The predicted molar refractivity (Wildman–Crippen MR) is 72.2 cm³/mol. The Bertz CT molecular complexity index is 370. The third-order valence-electron chi connectivity index (χ3n) is 2.86. The molecule has 1 heterocycles. The Kier molecular flexibility index (Phi) is 4.57. The fourth-order valence-corrected chi connectivity index (χ4v) is 2.60. The molecule has 1 atom stereocenters. The summed E-state index contributed by atoms with van der Waals surface area (Å²) in [5, 5.41) is 3.32. The maximum absolute atomic E-state index is 5.70. The van der Waals surface area contributed by atoms with Gasteiger partial charge in [0.05, 0.1) is 13.2 Å². The molecule has 0 aliphatic carbocycles. The molecule has 1 aromatic rings. The van der Waals surface area contributed by atoms with Crippen molar-refractivity contribution in [1.29, 1.82) is 0 Å². The molecule has 1 aromatic carbocycles. The largest absolute Gasteiger partial charge is 0.490 e. The van der Waals surface area contributed by atoms with Gasteiger partial charge in [-0.3, -0.25) is 0 Å². The average molecular weight is 253 g/mol. The van der Waals surface area contributed by atoms with Gasteiger partial charge in [0, 0.05) is 18.2 Å². The molecular formula is C13H19NO2S. The minimum absolute atomic E-state index is 0.363. The molecule has 0 aromatic heterocycles. The zero-order chi connectivity index (χ0) is 12.1. The number of benzene rings is 1. The lowest BCUT2D eigenvalue weighted by molar-refractivity contribution is 0.297. The molecule has 0 bridgehead atoms. The van der Waals surface area contributed by atoms with Crippen LogP contribution in [0.2, 0.25) is 0 Å². The van der Waals surface area contributed by atoms with Crippen LogP contribution in [0.3, 0.4) is 0 Å². The first-order valence-corrected chi connectivity index (χ1v) is 7.30. The lowest BCUT2D eigenvalue weighted by atomic mass is 10.1. The zero-order valence-electron chi connectivity index (χ0n) is 10.4. The summed E-state index contributed by atoms with van der Waals surface area (Å²) in [5.74, 6) is 2.79. The normalized spacial score (nSPS) is 16.4. The number of thioether (sulfide) groups is 1. The highest BCUT2D eigenvalue weighted by molar-refractivity contribution is 7.98. The van der Waals surface area contributed by atoms with Crippen LogP contribution in [0.1, 0.15) is 18.0 Å². The summed E-state index contributed by atoms with van der Waals surface area (Å²) in [6.07, 6.45) is 3.07. The number of hydrogen-bond donors (Lipinski definition) is 1. The molecule has 0 amide bonds. The van der Waals surface area contributed by atoms with Gasteiger partial charge in [-0.1, -0.05) is 6.07 Å². The summed E-state index contributed by atoms with van der Waals surface area (Å²) in [7, 11) is 1.99. The monoisotopic (exact) mass is 253 g/mol. The van der Waals surface area contributed by atoms with E-state index in [1.54, 1.807) is 0 Å². The van der Waals surface area contributed by atoms with E-state index < -0.39 is 0 Å². The van der Waals surface area contributed by atoms with Crippen LogP contribution in [-0.2, 0) is 0 Å². The lowest BCUT2D eigenvalue weighted by Gasteiger charge is -2.17.